The van der Waals surface area contributed by atoms with Gasteiger partial charge in [-0.25, -0.2) is 4.99 Å². The molecule has 0 aliphatic carbocycles. The molecule has 0 aromatic heterocycles. The van der Waals surface area contributed by atoms with Crippen molar-refractivity contribution in [2.75, 3.05) is 5.75 Å². The number of nitrogens with two attached hydrogens (primary N) is 2. The molecule has 0 fully saturated rings. The van der Waals surface area contributed by atoms with E-state index in [1.165, 1.54) is 11.8 Å². The number of thioether (sulfide) groups is 1. The van der Waals surface area contributed by atoms with Crippen molar-refractivity contribution in [1.82, 2.24) is 0 Å². The maximum atomic E-state index is 5.47. The van der Waals surface area contributed by atoms with Crippen molar-refractivity contribution in [3.05, 3.63) is 12.7 Å². The fourth-order valence-corrected chi connectivity index (χ4v) is 0.850. The van der Waals surface area contributed by atoms with Gasteiger partial charge in [-0.1, -0.05) is 17.8 Å². The number of amidine groups is 2. The van der Waals surface area contributed by atoms with E-state index in [9.17, 15) is 0 Å². The van der Waals surface area contributed by atoms with Gasteiger partial charge in [0.2, 0.25) is 0 Å². The Bertz CT molecular complexity index is 185. The Balaban J connectivity index is 3.89. The van der Waals surface area contributed by atoms with Crippen molar-refractivity contribution < 1.29 is 0 Å². The fourth-order valence-electron chi connectivity index (χ4n) is 0.365. The monoisotopic (exact) mass is 172 g/mol. The van der Waals surface area contributed by atoms with Gasteiger partial charge in [0.25, 0.3) is 0 Å². The molecule has 0 rings (SSSR count). The number of hydrazone groups is 1. The van der Waals surface area contributed by atoms with Gasteiger partial charge < -0.3 is 11.6 Å². The molecular weight excluding hydrogens is 160 g/mol. The first-order chi connectivity index (χ1) is 5.20. The third kappa shape index (κ3) is 5.47. The normalized spacial score (nSPS) is 13.2. The molecular formula is C6H12N4S. The Hall–Kier alpha value is -0.970. The molecule has 0 aliphatic rings. The molecule has 4 N–H and O–H groups in total. The first-order valence-electron chi connectivity index (χ1n) is 3.03. The highest BCUT2D eigenvalue weighted by Crippen LogP contribution is 1.99. The van der Waals surface area contributed by atoms with Crippen molar-refractivity contribution >= 4 is 22.8 Å². The standard InChI is InChI=1S/C6H12N4S/c1-3-4-11-6(7)9-5(2)10-8/h3H,1,4,8H2,2H3,(H2,7,9,10). The average molecular weight is 172 g/mol. The predicted molar refractivity (Wildman–Crippen MR) is 51.6 cm³/mol. The van der Waals surface area contributed by atoms with Crippen LogP contribution in [0.2, 0.25) is 0 Å². The molecule has 0 atom stereocenters. The average Bonchev–Trinajstić information content (AvgIpc) is 2.00. The summed E-state index contributed by atoms with van der Waals surface area (Å²) in [5.41, 5.74) is 5.47. The topological polar surface area (TPSA) is 76.8 Å². The van der Waals surface area contributed by atoms with E-state index in [1.54, 1.807) is 13.0 Å². The largest absolute Gasteiger partial charge is 0.378 e. The summed E-state index contributed by atoms with van der Waals surface area (Å²) < 4.78 is 0. The van der Waals surface area contributed by atoms with Gasteiger partial charge in [-0.15, -0.1) is 6.58 Å². The quantitative estimate of drug-likeness (QED) is 0.209. The van der Waals surface area contributed by atoms with Crippen LogP contribution < -0.4 is 11.6 Å². The lowest BCUT2D eigenvalue weighted by molar-refractivity contribution is 1.22. The highest BCUT2D eigenvalue weighted by Gasteiger charge is 1.91. The van der Waals surface area contributed by atoms with Gasteiger partial charge in [0.1, 0.15) is 5.84 Å². The summed E-state index contributed by atoms with van der Waals surface area (Å²) in [5, 5.41) is 3.80. The van der Waals surface area contributed by atoms with Crippen LogP contribution in [0.3, 0.4) is 0 Å². The van der Waals surface area contributed by atoms with E-state index in [2.05, 4.69) is 16.7 Å². The van der Waals surface area contributed by atoms with Crippen molar-refractivity contribution in [3.63, 3.8) is 0 Å². The van der Waals surface area contributed by atoms with E-state index in [1.807, 2.05) is 0 Å². The van der Waals surface area contributed by atoms with Crippen molar-refractivity contribution in [2.24, 2.45) is 21.7 Å². The van der Waals surface area contributed by atoms with Gasteiger partial charge in [0.05, 0.1) is 0 Å². The second-order valence-corrected chi connectivity index (χ2v) is 2.77. The van der Waals surface area contributed by atoms with Crippen LogP contribution in [0.15, 0.2) is 22.7 Å². The van der Waals surface area contributed by atoms with Crippen LogP contribution in [-0.4, -0.2) is 16.8 Å². The van der Waals surface area contributed by atoms with Gasteiger partial charge in [0, 0.05) is 5.75 Å². The lowest BCUT2D eigenvalue weighted by atomic mass is 10.7. The molecule has 0 saturated carbocycles. The molecule has 0 heterocycles. The minimum absolute atomic E-state index is 0.455. The van der Waals surface area contributed by atoms with Gasteiger partial charge in [0.15, 0.2) is 5.17 Å². The molecule has 0 aromatic carbocycles. The molecule has 0 amide bonds. The second kappa shape index (κ2) is 5.79. The third-order valence-corrected chi connectivity index (χ3v) is 1.60. The summed E-state index contributed by atoms with van der Waals surface area (Å²) in [5.74, 6) is 6.16. The van der Waals surface area contributed by atoms with Gasteiger partial charge >= 0.3 is 0 Å². The maximum Gasteiger partial charge on any atom is 0.160 e. The molecule has 0 radical (unpaired) electrons. The first kappa shape index (κ1) is 10.0. The fraction of sp³-hybridized carbons (Fsp3) is 0.333. The first-order valence-corrected chi connectivity index (χ1v) is 4.01. The number of hydrogen-bond acceptors (Lipinski definition) is 3. The van der Waals surface area contributed by atoms with E-state index >= 15 is 0 Å². The summed E-state index contributed by atoms with van der Waals surface area (Å²) in [4.78, 5) is 3.87. The van der Waals surface area contributed by atoms with Crippen LogP contribution in [0.1, 0.15) is 6.92 Å². The lowest BCUT2D eigenvalue weighted by Gasteiger charge is -1.95. The number of aliphatic imine (C=N–C) groups is 1. The molecule has 0 unspecified atom stereocenters. The van der Waals surface area contributed by atoms with Gasteiger partial charge in [-0.2, -0.15) is 5.10 Å². The Kier molecular flexibility index (Phi) is 5.28. The Labute approximate surface area is 70.4 Å². The summed E-state index contributed by atoms with van der Waals surface area (Å²) in [7, 11) is 0. The SMILES string of the molecule is C=CCSC(N)=N/C(C)=N/N. The summed E-state index contributed by atoms with van der Waals surface area (Å²) >= 11 is 1.39. The number of rotatable bonds is 2. The number of hydrogen-bond donors (Lipinski definition) is 2. The van der Waals surface area contributed by atoms with E-state index in [0.29, 0.717) is 11.0 Å². The van der Waals surface area contributed by atoms with Crippen molar-refractivity contribution in [2.45, 2.75) is 6.92 Å². The van der Waals surface area contributed by atoms with Crippen molar-refractivity contribution in [1.29, 1.82) is 0 Å². The van der Waals surface area contributed by atoms with Crippen LogP contribution in [0, 0.1) is 0 Å². The Morgan fingerprint density at radius 1 is 1.73 bits per heavy atom. The van der Waals surface area contributed by atoms with E-state index < -0.39 is 0 Å². The second-order valence-electron chi connectivity index (χ2n) is 1.73. The molecule has 4 nitrogen and oxygen atoms in total. The van der Waals surface area contributed by atoms with Crippen LogP contribution in [0.5, 0.6) is 0 Å². The summed E-state index contributed by atoms with van der Waals surface area (Å²) in [6, 6.07) is 0. The van der Waals surface area contributed by atoms with E-state index in [4.69, 9.17) is 11.6 Å². The van der Waals surface area contributed by atoms with Gasteiger partial charge in [-0.3, -0.25) is 0 Å². The summed E-state index contributed by atoms with van der Waals surface area (Å²) in [6.45, 7) is 5.23. The lowest BCUT2D eigenvalue weighted by Crippen LogP contribution is -2.09. The van der Waals surface area contributed by atoms with E-state index in [-0.39, 0.29) is 0 Å². The third-order valence-electron chi connectivity index (χ3n) is 0.808. The van der Waals surface area contributed by atoms with E-state index in [0.717, 1.165) is 5.75 Å². The summed E-state index contributed by atoms with van der Waals surface area (Å²) in [6.07, 6.45) is 1.75. The van der Waals surface area contributed by atoms with Gasteiger partial charge in [-0.05, 0) is 6.92 Å². The highest BCUT2D eigenvalue weighted by molar-refractivity contribution is 8.13. The molecule has 0 aliphatic heterocycles. The molecule has 0 aromatic rings. The molecule has 0 bridgehead atoms. The molecule has 62 valence electrons. The predicted octanol–water partition coefficient (Wildman–Crippen LogP) is 0.512. The zero-order valence-corrected chi connectivity index (χ0v) is 7.27. The van der Waals surface area contributed by atoms with Crippen LogP contribution >= 0.6 is 11.8 Å². The van der Waals surface area contributed by atoms with Crippen molar-refractivity contribution in [3.8, 4) is 0 Å². The van der Waals surface area contributed by atoms with Crippen LogP contribution in [0.25, 0.3) is 0 Å². The molecule has 0 spiro atoms. The molecule has 0 saturated heterocycles. The smallest absolute Gasteiger partial charge is 0.160 e. The molecule has 11 heavy (non-hydrogen) atoms. The zero-order valence-electron chi connectivity index (χ0n) is 6.45. The molecule has 5 heteroatoms. The Morgan fingerprint density at radius 3 is 2.82 bits per heavy atom. The maximum absolute atomic E-state index is 5.47. The van der Waals surface area contributed by atoms with Crippen LogP contribution in [0.4, 0.5) is 0 Å². The minimum Gasteiger partial charge on any atom is -0.378 e. The zero-order chi connectivity index (χ0) is 8.69. The minimum atomic E-state index is 0.455. The van der Waals surface area contributed by atoms with Crippen LogP contribution in [-0.2, 0) is 0 Å². The Morgan fingerprint density at radius 2 is 2.36 bits per heavy atom. The number of nitrogens with zero attached hydrogens (tertiary/aromatic N) is 2. The highest BCUT2D eigenvalue weighted by atomic mass is 32.2.